The third-order valence-electron chi connectivity index (χ3n) is 1.73. The molecule has 0 saturated heterocycles. The molecule has 0 aliphatic carbocycles. The maximum Gasteiger partial charge on any atom is 0.111 e. The summed E-state index contributed by atoms with van der Waals surface area (Å²) >= 11 is 0. The van der Waals surface area contributed by atoms with E-state index in [1.54, 1.807) is 10.9 Å². The molecule has 0 radical (unpaired) electrons. The molecule has 3 heteroatoms. The standard InChI is InChI=1S/C9H13N3/c1-4-8(10-5-2)9-6-7-11-12(9)3/h1,6-8,10H,5H2,2-3H3. The van der Waals surface area contributed by atoms with Gasteiger partial charge in [0.1, 0.15) is 6.04 Å². The predicted octanol–water partition coefficient (Wildman–Crippen LogP) is 0.704. The first kappa shape index (κ1) is 8.82. The number of rotatable bonds is 3. The normalized spacial score (nSPS) is 12.4. The first-order chi connectivity index (χ1) is 5.79. The second-order valence-electron chi connectivity index (χ2n) is 2.54. The second-order valence-corrected chi connectivity index (χ2v) is 2.54. The van der Waals surface area contributed by atoms with Crippen LogP contribution in [0.2, 0.25) is 0 Å². The van der Waals surface area contributed by atoms with Crippen LogP contribution in [0, 0.1) is 12.3 Å². The Morgan fingerprint density at radius 1 is 1.83 bits per heavy atom. The average molecular weight is 163 g/mol. The van der Waals surface area contributed by atoms with Crippen molar-refractivity contribution in [2.45, 2.75) is 13.0 Å². The van der Waals surface area contributed by atoms with E-state index in [-0.39, 0.29) is 6.04 Å². The summed E-state index contributed by atoms with van der Waals surface area (Å²) in [6.45, 7) is 2.89. The van der Waals surface area contributed by atoms with E-state index in [1.165, 1.54) is 0 Å². The monoisotopic (exact) mass is 163 g/mol. The van der Waals surface area contributed by atoms with Gasteiger partial charge in [-0.3, -0.25) is 10.00 Å². The van der Waals surface area contributed by atoms with E-state index in [9.17, 15) is 0 Å². The molecule has 1 aromatic rings. The fraction of sp³-hybridized carbons (Fsp3) is 0.444. The van der Waals surface area contributed by atoms with Crippen molar-refractivity contribution in [1.29, 1.82) is 0 Å². The first-order valence-electron chi connectivity index (χ1n) is 3.97. The lowest BCUT2D eigenvalue weighted by Crippen LogP contribution is -2.21. The molecule has 64 valence electrons. The third-order valence-corrected chi connectivity index (χ3v) is 1.73. The molecule has 1 unspecified atom stereocenters. The number of nitrogens with one attached hydrogen (secondary N) is 1. The van der Waals surface area contributed by atoms with Gasteiger partial charge in [-0.05, 0) is 12.6 Å². The Bertz CT molecular complexity index is 282. The molecule has 0 spiro atoms. The van der Waals surface area contributed by atoms with Crippen LogP contribution in [0.4, 0.5) is 0 Å². The minimum Gasteiger partial charge on any atom is -0.299 e. The van der Waals surface area contributed by atoms with Crippen molar-refractivity contribution >= 4 is 0 Å². The lowest BCUT2D eigenvalue weighted by atomic mass is 10.2. The number of terminal acetylenes is 1. The van der Waals surface area contributed by atoms with E-state index in [1.807, 2.05) is 20.0 Å². The fourth-order valence-electron chi connectivity index (χ4n) is 1.12. The zero-order chi connectivity index (χ0) is 8.97. The highest BCUT2D eigenvalue weighted by molar-refractivity contribution is 5.17. The Hall–Kier alpha value is -1.27. The average Bonchev–Trinajstić information content (AvgIpc) is 2.47. The molecule has 0 aliphatic heterocycles. The van der Waals surface area contributed by atoms with Gasteiger partial charge in [0.05, 0.1) is 5.69 Å². The molecule has 3 nitrogen and oxygen atoms in total. The van der Waals surface area contributed by atoms with Crippen molar-refractivity contribution in [3.8, 4) is 12.3 Å². The molecule has 0 amide bonds. The number of hydrogen-bond acceptors (Lipinski definition) is 2. The Labute approximate surface area is 72.8 Å². The minimum absolute atomic E-state index is 0.0255. The summed E-state index contributed by atoms with van der Waals surface area (Å²) in [4.78, 5) is 0. The zero-order valence-electron chi connectivity index (χ0n) is 7.41. The molecule has 0 aliphatic rings. The van der Waals surface area contributed by atoms with Crippen LogP contribution in [0.15, 0.2) is 12.3 Å². The molecule has 1 rings (SSSR count). The number of hydrogen-bond donors (Lipinski definition) is 1. The van der Waals surface area contributed by atoms with Crippen molar-refractivity contribution in [1.82, 2.24) is 15.1 Å². The van der Waals surface area contributed by atoms with Crippen LogP contribution in [0.5, 0.6) is 0 Å². The smallest absolute Gasteiger partial charge is 0.111 e. The van der Waals surface area contributed by atoms with Gasteiger partial charge in [-0.1, -0.05) is 12.8 Å². The highest BCUT2D eigenvalue weighted by atomic mass is 15.3. The summed E-state index contributed by atoms with van der Waals surface area (Å²) in [6, 6.07) is 1.90. The summed E-state index contributed by atoms with van der Waals surface area (Å²) in [5, 5.41) is 7.23. The van der Waals surface area contributed by atoms with Crippen molar-refractivity contribution in [2.24, 2.45) is 7.05 Å². The largest absolute Gasteiger partial charge is 0.299 e. The van der Waals surface area contributed by atoms with Crippen molar-refractivity contribution in [3.63, 3.8) is 0 Å². The van der Waals surface area contributed by atoms with Gasteiger partial charge < -0.3 is 0 Å². The Balaban J connectivity index is 2.81. The quantitative estimate of drug-likeness (QED) is 0.665. The van der Waals surface area contributed by atoms with Crippen LogP contribution < -0.4 is 5.32 Å². The van der Waals surface area contributed by atoms with E-state index < -0.39 is 0 Å². The van der Waals surface area contributed by atoms with Gasteiger partial charge in [0, 0.05) is 13.2 Å². The van der Waals surface area contributed by atoms with Gasteiger partial charge in [0.15, 0.2) is 0 Å². The summed E-state index contributed by atoms with van der Waals surface area (Å²) < 4.78 is 1.78. The molecule has 12 heavy (non-hydrogen) atoms. The lowest BCUT2D eigenvalue weighted by Gasteiger charge is -2.10. The lowest BCUT2D eigenvalue weighted by molar-refractivity contribution is 0.598. The van der Waals surface area contributed by atoms with Crippen LogP contribution in [-0.2, 0) is 7.05 Å². The van der Waals surface area contributed by atoms with E-state index in [0.29, 0.717) is 0 Å². The van der Waals surface area contributed by atoms with Crippen molar-refractivity contribution in [3.05, 3.63) is 18.0 Å². The zero-order valence-corrected chi connectivity index (χ0v) is 7.41. The Morgan fingerprint density at radius 2 is 2.58 bits per heavy atom. The van der Waals surface area contributed by atoms with Crippen LogP contribution in [-0.4, -0.2) is 16.3 Å². The maximum absolute atomic E-state index is 5.37. The van der Waals surface area contributed by atoms with Gasteiger partial charge in [-0.25, -0.2) is 0 Å². The summed E-state index contributed by atoms with van der Waals surface area (Å²) in [6.07, 6.45) is 7.11. The number of aryl methyl sites for hydroxylation is 1. The molecular formula is C9H13N3. The van der Waals surface area contributed by atoms with Crippen LogP contribution in [0.25, 0.3) is 0 Å². The molecule has 0 bridgehead atoms. The maximum atomic E-state index is 5.37. The van der Waals surface area contributed by atoms with Crippen LogP contribution in [0.1, 0.15) is 18.7 Å². The van der Waals surface area contributed by atoms with Crippen molar-refractivity contribution in [2.75, 3.05) is 6.54 Å². The first-order valence-corrected chi connectivity index (χ1v) is 3.97. The molecule has 1 atom stereocenters. The van der Waals surface area contributed by atoms with E-state index in [2.05, 4.69) is 16.3 Å². The van der Waals surface area contributed by atoms with Gasteiger partial charge >= 0.3 is 0 Å². The van der Waals surface area contributed by atoms with Gasteiger partial charge in [-0.15, -0.1) is 6.42 Å². The van der Waals surface area contributed by atoms with Crippen LogP contribution >= 0.6 is 0 Å². The number of aromatic nitrogens is 2. The Kier molecular flexibility index (Phi) is 2.89. The highest BCUT2D eigenvalue weighted by Gasteiger charge is 2.09. The molecule has 1 N–H and O–H groups in total. The van der Waals surface area contributed by atoms with Crippen molar-refractivity contribution < 1.29 is 0 Å². The third kappa shape index (κ3) is 1.66. The number of nitrogens with zero attached hydrogens (tertiary/aromatic N) is 2. The minimum atomic E-state index is -0.0255. The fourth-order valence-corrected chi connectivity index (χ4v) is 1.12. The second kappa shape index (κ2) is 3.93. The van der Waals surface area contributed by atoms with E-state index >= 15 is 0 Å². The molecule has 0 saturated carbocycles. The van der Waals surface area contributed by atoms with Gasteiger partial charge in [0.25, 0.3) is 0 Å². The Morgan fingerprint density at radius 3 is 3.00 bits per heavy atom. The van der Waals surface area contributed by atoms with E-state index in [0.717, 1.165) is 12.2 Å². The predicted molar refractivity (Wildman–Crippen MR) is 48.5 cm³/mol. The summed E-state index contributed by atoms with van der Waals surface area (Å²) in [5.41, 5.74) is 1.03. The molecular weight excluding hydrogens is 150 g/mol. The van der Waals surface area contributed by atoms with Crippen LogP contribution in [0.3, 0.4) is 0 Å². The van der Waals surface area contributed by atoms with Gasteiger partial charge in [0.2, 0.25) is 0 Å². The molecule has 0 aromatic carbocycles. The molecule has 1 aromatic heterocycles. The summed E-state index contributed by atoms with van der Waals surface area (Å²) in [7, 11) is 1.89. The molecule has 1 heterocycles. The summed E-state index contributed by atoms with van der Waals surface area (Å²) in [5.74, 6) is 2.67. The molecule has 0 fully saturated rings. The highest BCUT2D eigenvalue weighted by Crippen LogP contribution is 2.08. The topological polar surface area (TPSA) is 29.9 Å². The SMILES string of the molecule is C#CC(NCC)c1ccnn1C. The van der Waals surface area contributed by atoms with E-state index in [4.69, 9.17) is 6.42 Å². The van der Waals surface area contributed by atoms with Gasteiger partial charge in [-0.2, -0.15) is 5.10 Å².